The number of aromatic amines is 1. The van der Waals surface area contributed by atoms with Gasteiger partial charge in [-0.15, -0.1) is 0 Å². The van der Waals surface area contributed by atoms with Crippen molar-refractivity contribution in [2.75, 3.05) is 25.5 Å². The van der Waals surface area contributed by atoms with Gasteiger partial charge < -0.3 is 19.4 Å². The van der Waals surface area contributed by atoms with Crippen LogP contribution in [0.15, 0.2) is 51.7 Å². The second kappa shape index (κ2) is 8.44. The lowest BCUT2D eigenvalue weighted by Crippen LogP contribution is -2.44. The summed E-state index contributed by atoms with van der Waals surface area (Å²) in [5, 5.41) is 2.58. The number of carbonyl (C=O) groups is 2. The average molecular weight is 409 g/mol. The molecule has 1 saturated heterocycles. The van der Waals surface area contributed by atoms with Crippen molar-refractivity contribution in [1.29, 1.82) is 0 Å². The van der Waals surface area contributed by atoms with Crippen molar-refractivity contribution in [3.63, 3.8) is 0 Å². The van der Waals surface area contributed by atoms with Crippen molar-refractivity contribution in [3.05, 3.63) is 58.6 Å². The third kappa shape index (κ3) is 4.37. The van der Waals surface area contributed by atoms with Crippen LogP contribution < -0.4 is 15.8 Å². The van der Waals surface area contributed by atoms with Gasteiger partial charge in [0.1, 0.15) is 5.75 Å². The third-order valence-corrected chi connectivity index (χ3v) is 5.43. The van der Waals surface area contributed by atoms with Gasteiger partial charge in [0, 0.05) is 24.8 Å². The summed E-state index contributed by atoms with van der Waals surface area (Å²) < 4.78 is 10.2. The Morgan fingerprint density at radius 2 is 2.00 bits per heavy atom. The molecule has 1 aromatic heterocycles. The molecule has 30 heavy (non-hydrogen) atoms. The Kier molecular flexibility index (Phi) is 5.56. The fraction of sp³-hybridized carbons (Fsp3) is 0.318. The molecule has 2 N–H and O–H groups in total. The molecule has 8 heteroatoms. The number of piperidine rings is 1. The number of amides is 2. The van der Waals surface area contributed by atoms with E-state index in [1.165, 1.54) is 11.6 Å². The number of nitrogens with one attached hydrogen (secondary N) is 2. The number of carbonyl (C=O) groups excluding carboxylic acids is 2. The van der Waals surface area contributed by atoms with E-state index in [4.69, 9.17) is 9.15 Å². The number of H-pyrrole nitrogens is 1. The molecule has 0 unspecified atom stereocenters. The lowest BCUT2D eigenvalue weighted by Gasteiger charge is -2.31. The summed E-state index contributed by atoms with van der Waals surface area (Å²) in [5.41, 5.74) is 2.46. The van der Waals surface area contributed by atoms with Crippen LogP contribution in [0.25, 0.3) is 11.1 Å². The molecule has 8 nitrogen and oxygen atoms in total. The monoisotopic (exact) mass is 409 g/mol. The minimum absolute atomic E-state index is 0.323. The van der Waals surface area contributed by atoms with Gasteiger partial charge in [0.2, 0.25) is 0 Å². The smallest absolute Gasteiger partial charge is 0.417 e. The van der Waals surface area contributed by atoms with E-state index < -0.39 is 17.6 Å². The normalized spacial score (nSPS) is 14.6. The highest BCUT2D eigenvalue weighted by atomic mass is 16.5. The minimum Gasteiger partial charge on any atom is -0.497 e. The van der Waals surface area contributed by atoms with Crippen LogP contribution in [-0.2, 0) is 16.0 Å². The molecular weight excluding hydrogens is 386 g/mol. The summed E-state index contributed by atoms with van der Waals surface area (Å²) in [6.07, 6.45) is 2.61. The van der Waals surface area contributed by atoms with E-state index in [9.17, 15) is 14.4 Å². The first-order valence-electron chi connectivity index (χ1n) is 9.88. The van der Waals surface area contributed by atoms with Gasteiger partial charge in [0.05, 0.1) is 12.6 Å². The highest BCUT2D eigenvalue weighted by Crippen LogP contribution is 2.24. The van der Waals surface area contributed by atoms with Crippen LogP contribution in [-0.4, -0.2) is 41.9 Å². The number of anilines is 1. The lowest BCUT2D eigenvalue weighted by atomic mass is 9.90. The number of likely N-dealkylation sites (tertiary alicyclic amines) is 1. The van der Waals surface area contributed by atoms with Crippen LogP contribution in [0, 0.1) is 5.92 Å². The molecule has 0 atom stereocenters. The summed E-state index contributed by atoms with van der Waals surface area (Å²) in [7, 11) is 1.65. The molecule has 4 rings (SSSR count). The van der Waals surface area contributed by atoms with Crippen molar-refractivity contribution in [1.82, 2.24) is 9.88 Å². The van der Waals surface area contributed by atoms with Crippen molar-refractivity contribution < 1.29 is 18.7 Å². The number of fused-ring (bicyclic) bond motifs is 1. The summed E-state index contributed by atoms with van der Waals surface area (Å²) >= 11 is 0. The fourth-order valence-electron chi connectivity index (χ4n) is 3.82. The van der Waals surface area contributed by atoms with E-state index in [2.05, 4.69) is 16.4 Å². The number of methoxy groups -OCH3 is 1. The standard InChI is InChI=1S/C22H23N3O5/c1-29-17-4-2-3-15(12-17)11-14-7-9-25(10-8-14)21(27)20(26)23-16-5-6-18-19(13-16)30-22(28)24-18/h2-6,12-14H,7-11H2,1H3,(H,23,26)(H,24,28). The first-order valence-corrected chi connectivity index (χ1v) is 9.88. The maximum atomic E-state index is 12.5. The summed E-state index contributed by atoms with van der Waals surface area (Å²) in [4.78, 5) is 40.3. The predicted octanol–water partition coefficient (Wildman–Crippen LogP) is 2.55. The first kappa shape index (κ1) is 19.8. The Bertz CT molecular complexity index is 1130. The van der Waals surface area contributed by atoms with Crippen LogP contribution in [0.5, 0.6) is 5.75 Å². The number of nitrogens with zero attached hydrogens (tertiary/aromatic N) is 1. The predicted molar refractivity (Wildman–Crippen MR) is 111 cm³/mol. The minimum atomic E-state index is -0.696. The molecule has 2 aromatic carbocycles. The van der Waals surface area contributed by atoms with E-state index in [0.29, 0.717) is 35.8 Å². The molecule has 2 heterocycles. The summed E-state index contributed by atoms with van der Waals surface area (Å²) in [6, 6.07) is 12.8. The maximum Gasteiger partial charge on any atom is 0.417 e. The van der Waals surface area contributed by atoms with Gasteiger partial charge in [-0.05, 0) is 55.0 Å². The van der Waals surface area contributed by atoms with E-state index >= 15 is 0 Å². The van der Waals surface area contributed by atoms with Crippen molar-refractivity contribution in [2.45, 2.75) is 19.3 Å². The topological polar surface area (TPSA) is 105 Å². The number of hydrogen-bond donors (Lipinski definition) is 2. The van der Waals surface area contributed by atoms with Crippen LogP contribution in [0.4, 0.5) is 5.69 Å². The number of aromatic nitrogens is 1. The molecule has 1 aliphatic heterocycles. The Hall–Kier alpha value is -3.55. The van der Waals surface area contributed by atoms with Crippen molar-refractivity contribution in [3.8, 4) is 5.75 Å². The molecule has 0 saturated carbocycles. The Balaban J connectivity index is 1.31. The SMILES string of the molecule is COc1cccc(CC2CCN(C(=O)C(=O)Nc3ccc4[nH]c(=O)oc4c3)CC2)c1. The molecule has 0 radical (unpaired) electrons. The van der Waals surface area contributed by atoms with E-state index in [1.807, 2.05) is 18.2 Å². The van der Waals surface area contributed by atoms with Gasteiger partial charge in [0.15, 0.2) is 5.58 Å². The molecule has 2 amide bonds. The quantitative estimate of drug-likeness (QED) is 0.645. The van der Waals surface area contributed by atoms with Gasteiger partial charge >= 0.3 is 17.6 Å². The Morgan fingerprint density at radius 3 is 2.77 bits per heavy atom. The lowest BCUT2D eigenvalue weighted by molar-refractivity contribution is -0.144. The summed E-state index contributed by atoms with van der Waals surface area (Å²) in [5.74, 6) is -0.512. The number of benzene rings is 2. The van der Waals surface area contributed by atoms with Gasteiger partial charge in [-0.25, -0.2) is 4.79 Å². The maximum absolute atomic E-state index is 12.5. The van der Waals surface area contributed by atoms with Crippen molar-refractivity contribution >= 4 is 28.6 Å². The molecule has 156 valence electrons. The van der Waals surface area contributed by atoms with Gasteiger partial charge in [-0.2, -0.15) is 0 Å². The van der Waals surface area contributed by atoms with Gasteiger partial charge in [0.25, 0.3) is 0 Å². The summed E-state index contributed by atoms with van der Waals surface area (Å²) in [6.45, 7) is 1.10. The van der Waals surface area contributed by atoms with Crippen molar-refractivity contribution in [2.24, 2.45) is 5.92 Å². The molecular formula is C22H23N3O5. The molecule has 3 aromatic rings. The number of ether oxygens (including phenoxy) is 1. The highest BCUT2D eigenvalue weighted by Gasteiger charge is 2.27. The number of hydrogen-bond acceptors (Lipinski definition) is 5. The number of rotatable bonds is 4. The van der Waals surface area contributed by atoms with Crippen LogP contribution in [0.1, 0.15) is 18.4 Å². The highest BCUT2D eigenvalue weighted by molar-refractivity contribution is 6.39. The Labute approximate surface area is 172 Å². The van der Waals surface area contributed by atoms with Gasteiger partial charge in [-0.1, -0.05) is 12.1 Å². The fourth-order valence-corrected chi connectivity index (χ4v) is 3.82. The van der Waals surface area contributed by atoms with E-state index in [1.54, 1.807) is 24.1 Å². The van der Waals surface area contributed by atoms with E-state index in [0.717, 1.165) is 25.0 Å². The zero-order chi connectivity index (χ0) is 21.1. The second-order valence-corrected chi connectivity index (χ2v) is 7.47. The average Bonchev–Trinajstić information content (AvgIpc) is 3.13. The zero-order valence-corrected chi connectivity index (χ0v) is 16.6. The number of oxazole rings is 1. The molecule has 1 aliphatic rings. The second-order valence-electron chi connectivity index (χ2n) is 7.47. The third-order valence-electron chi connectivity index (χ3n) is 5.43. The largest absolute Gasteiger partial charge is 0.497 e. The Morgan fingerprint density at radius 1 is 1.20 bits per heavy atom. The molecule has 0 spiro atoms. The first-order chi connectivity index (χ1) is 14.5. The van der Waals surface area contributed by atoms with Crippen LogP contribution in [0.3, 0.4) is 0 Å². The van der Waals surface area contributed by atoms with Crippen LogP contribution >= 0.6 is 0 Å². The zero-order valence-electron chi connectivity index (χ0n) is 16.6. The molecule has 0 bridgehead atoms. The van der Waals surface area contributed by atoms with E-state index in [-0.39, 0.29) is 0 Å². The molecule has 0 aliphatic carbocycles. The van der Waals surface area contributed by atoms with Gasteiger partial charge in [-0.3, -0.25) is 14.6 Å². The molecule has 1 fully saturated rings. The van der Waals surface area contributed by atoms with Crippen LogP contribution in [0.2, 0.25) is 0 Å².